The number of rotatable bonds is 6. The molecule has 0 N–H and O–H groups in total. The van der Waals surface area contributed by atoms with E-state index < -0.39 is 5.97 Å². The maximum atomic E-state index is 12.5. The summed E-state index contributed by atoms with van der Waals surface area (Å²) in [6.07, 6.45) is 0. The highest BCUT2D eigenvalue weighted by molar-refractivity contribution is 7.13. The molecule has 0 radical (unpaired) electrons. The van der Waals surface area contributed by atoms with Crippen molar-refractivity contribution in [3.63, 3.8) is 0 Å². The van der Waals surface area contributed by atoms with E-state index in [1.54, 1.807) is 17.4 Å². The Morgan fingerprint density at radius 1 is 1.16 bits per heavy atom. The fraction of sp³-hybridized carbons (Fsp3) is 0.263. The van der Waals surface area contributed by atoms with Crippen molar-refractivity contribution in [1.29, 1.82) is 0 Å². The Labute approximate surface area is 154 Å². The number of ketones is 1. The molecule has 25 heavy (non-hydrogen) atoms. The second-order valence-electron chi connectivity index (χ2n) is 5.86. The highest BCUT2D eigenvalue weighted by Crippen LogP contribution is 2.20. The van der Waals surface area contributed by atoms with Crippen LogP contribution in [-0.2, 0) is 11.3 Å². The fourth-order valence-corrected chi connectivity index (χ4v) is 4.16. The Morgan fingerprint density at radius 3 is 2.60 bits per heavy atom. The van der Waals surface area contributed by atoms with Gasteiger partial charge in [-0.3, -0.25) is 4.79 Å². The Kier molecular flexibility index (Phi) is 5.20. The van der Waals surface area contributed by atoms with Crippen LogP contribution >= 0.6 is 22.7 Å². The van der Waals surface area contributed by atoms with Crippen molar-refractivity contribution in [3.8, 4) is 0 Å². The maximum Gasteiger partial charge on any atom is 0.348 e. The minimum absolute atomic E-state index is 0.174. The van der Waals surface area contributed by atoms with Gasteiger partial charge in [0.25, 0.3) is 0 Å². The van der Waals surface area contributed by atoms with Crippen LogP contribution in [0.3, 0.4) is 0 Å². The minimum Gasteiger partial charge on any atom is -0.453 e. The lowest BCUT2D eigenvalue weighted by molar-refractivity contribution is 0.0479. The number of nitrogens with zero attached hydrogens (tertiary/aromatic N) is 1. The van der Waals surface area contributed by atoms with Crippen molar-refractivity contribution < 1.29 is 14.3 Å². The van der Waals surface area contributed by atoms with Crippen LogP contribution in [-0.4, -0.2) is 22.9 Å². The number of hydrogen-bond acceptors (Lipinski definition) is 5. The van der Waals surface area contributed by atoms with E-state index >= 15 is 0 Å². The number of carbonyl (C=O) groups is 2. The first-order valence-electron chi connectivity index (χ1n) is 7.91. The number of aromatic nitrogens is 1. The molecule has 3 aromatic rings. The Morgan fingerprint density at radius 2 is 1.96 bits per heavy atom. The summed E-state index contributed by atoms with van der Waals surface area (Å²) in [5.74, 6) is -0.619. The molecule has 6 heteroatoms. The van der Waals surface area contributed by atoms with E-state index in [-0.39, 0.29) is 12.4 Å². The predicted molar refractivity (Wildman–Crippen MR) is 101 cm³/mol. The zero-order chi connectivity index (χ0) is 18.0. The lowest BCUT2D eigenvalue weighted by atomic mass is 10.1. The second kappa shape index (κ2) is 7.37. The molecule has 0 atom stereocenters. The van der Waals surface area contributed by atoms with Crippen LogP contribution in [0.15, 0.2) is 35.7 Å². The summed E-state index contributed by atoms with van der Waals surface area (Å²) in [6, 6.07) is 9.55. The van der Waals surface area contributed by atoms with Crippen LogP contribution in [0.25, 0.3) is 0 Å². The Bertz CT molecular complexity index is 903. The van der Waals surface area contributed by atoms with Crippen LogP contribution in [0.4, 0.5) is 0 Å². The summed E-state index contributed by atoms with van der Waals surface area (Å²) in [5, 5.41) is 2.04. The number of carbonyl (C=O) groups excluding carboxylic acids is 2. The Hall–Kier alpha value is -2.18. The van der Waals surface area contributed by atoms with Gasteiger partial charge < -0.3 is 9.30 Å². The smallest absolute Gasteiger partial charge is 0.348 e. The molecule has 0 unspecified atom stereocenters. The Balaban J connectivity index is 1.69. The molecule has 0 fully saturated rings. The van der Waals surface area contributed by atoms with E-state index in [0.29, 0.717) is 10.4 Å². The zero-order valence-corrected chi connectivity index (χ0v) is 16.0. The molecule has 0 spiro atoms. The molecular weight excluding hydrogens is 354 g/mol. The first-order chi connectivity index (χ1) is 12.0. The van der Waals surface area contributed by atoms with E-state index in [9.17, 15) is 9.59 Å². The van der Waals surface area contributed by atoms with Gasteiger partial charge in [-0.05, 0) is 50.4 Å². The minimum atomic E-state index is -0.446. The molecule has 0 saturated carbocycles. The number of thiophene rings is 2. The third kappa shape index (κ3) is 3.91. The predicted octanol–water partition coefficient (Wildman–Crippen LogP) is 4.62. The van der Waals surface area contributed by atoms with Gasteiger partial charge in [0.05, 0.1) is 6.54 Å². The largest absolute Gasteiger partial charge is 0.453 e. The van der Waals surface area contributed by atoms with Crippen LogP contribution in [0.5, 0.6) is 0 Å². The molecule has 3 aromatic heterocycles. The third-order valence-electron chi connectivity index (χ3n) is 4.04. The number of ether oxygens (including phenoxy) is 1. The molecule has 3 rings (SSSR count). The average Bonchev–Trinajstić information content (AvgIpc) is 3.30. The summed E-state index contributed by atoms with van der Waals surface area (Å²) in [6.45, 7) is 6.35. The van der Waals surface area contributed by atoms with Crippen molar-refractivity contribution in [2.45, 2.75) is 27.3 Å². The molecule has 0 bridgehead atoms. The molecule has 0 aliphatic heterocycles. The van der Waals surface area contributed by atoms with Crippen molar-refractivity contribution in [1.82, 2.24) is 4.57 Å². The van der Waals surface area contributed by atoms with Gasteiger partial charge >= 0.3 is 5.97 Å². The molecular formula is C19H19NO3S2. The van der Waals surface area contributed by atoms with Gasteiger partial charge in [0.15, 0.2) is 6.61 Å². The monoisotopic (exact) mass is 373 g/mol. The summed E-state index contributed by atoms with van der Waals surface area (Å²) < 4.78 is 7.30. The highest BCUT2D eigenvalue weighted by Gasteiger charge is 2.18. The molecule has 0 aromatic carbocycles. The standard InChI is InChI=1S/C19H19NO3S2/c1-12-9-16(14(3)20(12)10-15-5-4-8-24-15)17(21)11-23-19(22)18-7-6-13(2)25-18/h4-9H,10-11H2,1-3H3. The van der Waals surface area contributed by atoms with Gasteiger partial charge in [0.2, 0.25) is 5.78 Å². The van der Waals surface area contributed by atoms with E-state index in [4.69, 9.17) is 4.74 Å². The van der Waals surface area contributed by atoms with E-state index in [0.717, 1.165) is 22.8 Å². The van der Waals surface area contributed by atoms with Crippen LogP contribution in [0, 0.1) is 20.8 Å². The highest BCUT2D eigenvalue weighted by atomic mass is 32.1. The quantitative estimate of drug-likeness (QED) is 0.468. The lowest BCUT2D eigenvalue weighted by Crippen LogP contribution is -2.14. The van der Waals surface area contributed by atoms with Gasteiger partial charge in [0, 0.05) is 26.7 Å². The third-order valence-corrected chi connectivity index (χ3v) is 5.89. The number of esters is 1. The van der Waals surface area contributed by atoms with Gasteiger partial charge in [-0.25, -0.2) is 4.79 Å². The lowest BCUT2D eigenvalue weighted by Gasteiger charge is -2.08. The number of Topliss-reactive ketones (excluding diaryl/α,β-unsaturated/α-hetero) is 1. The zero-order valence-electron chi connectivity index (χ0n) is 14.4. The molecule has 0 amide bonds. The van der Waals surface area contributed by atoms with Crippen molar-refractivity contribution in [3.05, 3.63) is 67.3 Å². The fourth-order valence-electron chi connectivity index (χ4n) is 2.71. The summed E-state index contributed by atoms with van der Waals surface area (Å²) >= 11 is 3.06. The normalized spacial score (nSPS) is 10.8. The van der Waals surface area contributed by atoms with Crippen LogP contribution < -0.4 is 0 Å². The van der Waals surface area contributed by atoms with E-state index in [1.165, 1.54) is 16.2 Å². The summed E-state index contributed by atoms with van der Waals surface area (Å²) in [4.78, 5) is 27.3. The number of aryl methyl sites for hydroxylation is 2. The average molecular weight is 373 g/mol. The summed E-state index contributed by atoms with van der Waals surface area (Å²) in [5.41, 5.74) is 2.54. The van der Waals surface area contributed by atoms with Crippen molar-refractivity contribution >= 4 is 34.4 Å². The molecule has 130 valence electrons. The molecule has 0 saturated heterocycles. The van der Waals surface area contributed by atoms with Gasteiger partial charge in [-0.2, -0.15) is 0 Å². The van der Waals surface area contributed by atoms with Crippen molar-refractivity contribution in [2.75, 3.05) is 6.61 Å². The first-order valence-corrected chi connectivity index (χ1v) is 9.61. The van der Waals surface area contributed by atoms with Gasteiger partial charge in [0.1, 0.15) is 4.88 Å². The van der Waals surface area contributed by atoms with Gasteiger partial charge in [-0.1, -0.05) is 6.07 Å². The first kappa shape index (κ1) is 17.6. The molecule has 3 heterocycles. The molecule has 4 nitrogen and oxygen atoms in total. The topological polar surface area (TPSA) is 48.3 Å². The van der Waals surface area contributed by atoms with Crippen molar-refractivity contribution in [2.24, 2.45) is 0 Å². The molecule has 0 aliphatic carbocycles. The van der Waals surface area contributed by atoms with E-state index in [2.05, 4.69) is 10.6 Å². The van der Waals surface area contributed by atoms with Gasteiger partial charge in [-0.15, -0.1) is 22.7 Å². The van der Waals surface area contributed by atoms with E-state index in [1.807, 2.05) is 44.4 Å². The second-order valence-corrected chi connectivity index (χ2v) is 8.18. The molecule has 0 aliphatic rings. The SMILES string of the molecule is Cc1ccc(C(=O)OCC(=O)c2cc(C)n(Cc3cccs3)c2C)s1. The van der Waals surface area contributed by atoms with Crippen LogP contribution in [0.2, 0.25) is 0 Å². The summed E-state index contributed by atoms with van der Waals surface area (Å²) in [7, 11) is 0. The number of hydrogen-bond donors (Lipinski definition) is 0. The van der Waals surface area contributed by atoms with Crippen LogP contribution in [0.1, 0.15) is 41.2 Å². The maximum absolute atomic E-state index is 12.5.